The highest BCUT2D eigenvalue weighted by atomic mass is 32.2. The molecule has 3 nitrogen and oxygen atoms in total. The quantitative estimate of drug-likeness (QED) is 0.586. The first kappa shape index (κ1) is 11.1. The standard InChI is InChI=1S/C11H19NO2S/c1-9-8-15(13,14)11(10(9)2)4-6-12(3)7-5-11/h4-8H2,1-3H3. The molecule has 2 aliphatic rings. The van der Waals surface area contributed by atoms with Crippen molar-refractivity contribution < 1.29 is 8.42 Å². The summed E-state index contributed by atoms with van der Waals surface area (Å²) in [5.74, 6) is 0.280. The van der Waals surface area contributed by atoms with E-state index in [1.54, 1.807) is 0 Å². The molecule has 86 valence electrons. The molecule has 0 aromatic carbocycles. The minimum absolute atomic E-state index is 0.280. The second-order valence-electron chi connectivity index (χ2n) is 4.96. The number of hydrogen-bond acceptors (Lipinski definition) is 3. The van der Waals surface area contributed by atoms with E-state index in [-0.39, 0.29) is 5.75 Å². The first-order valence-corrected chi connectivity index (χ1v) is 7.12. The molecule has 1 fully saturated rings. The molecule has 0 N–H and O–H groups in total. The molecule has 0 aliphatic carbocycles. The van der Waals surface area contributed by atoms with Gasteiger partial charge in [0.15, 0.2) is 9.84 Å². The molecule has 0 amide bonds. The highest BCUT2D eigenvalue weighted by Gasteiger charge is 2.51. The summed E-state index contributed by atoms with van der Waals surface area (Å²) in [6, 6.07) is 0. The maximum Gasteiger partial charge on any atom is 0.163 e. The Kier molecular flexibility index (Phi) is 2.47. The zero-order chi connectivity index (χ0) is 11.3. The lowest BCUT2D eigenvalue weighted by Crippen LogP contribution is -2.47. The highest BCUT2D eigenvalue weighted by Crippen LogP contribution is 2.44. The molecule has 0 radical (unpaired) electrons. The predicted molar refractivity (Wildman–Crippen MR) is 61.6 cm³/mol. The first-order valence-electron chi connectivity index (χ1n) is 5.47. The Morgan fingerprint density at radius 3 is 2.13 bits per heavy atom. The van der Waals surface area contributed by atoms with Gasteiger partial charge in [-0.15, -0.1) is 0 Å². The zero-order valence-corrected chi connectivity index (χ0v) is 10.5. The molecule has 4 heteroatoms. The SMILES string of the molecule is CC1=C(C)C2(CCN(C)CC2)S(=O)(=O)C1. The minimum Gasteiger partial charge on any atom is -0.306 e. The number of hydrogen-bond donors (Lipinski definition) is 0. The van der Waals surface area contributed by atoms with Crippen molar-refractivity contribution in [3.05, 3.63) is 11.1 Å². The molecular weight excluding hydrogens is 210 g/mol. The van der Waals surface area contributed by atoms with Crippen LogP contribution in [0.1, 0.15) is 26.7 Å². The van der Waals surface area contributed by atoms with Crippen LogP contribution in [0.25, 0.3) is 0 Å². The third-order valence-electron chi connectivity index (χ3n) is 4.12. The van der Waals surface area contributed by atoms with Crippen LogP contribution in [0.2, 0.25) is 0 Å². The van der Waals surface area contributed by atoms with Crippen LogP contribution in [0.4, 0.5) is 0 Å². The summed E-state index contributed by atoms with van der Waals surface area (Å²) in [6.07, 6.45) is 1.55. The van der Waals surface area contributed by atoms with Crippen LogP contribution >= 0.6 is 0 Å². The van der Waals surface area contributed by atoms with E-state index >= 15 is 0 Å². The van der Waals surface area contributed by atoms with Crippen molar-refractivity contribution in [2.45, 2.75) is 31.4 Å². The Balaban J connectivity index is 2.42. The molecule has 0 bridgehead atoms. The molecule has 15 heavy (non-hydrogen) atoms. The van der Waals surface area contributed by atoms with Gasteiger partial charge in [-0.2, -0.15) is 0 Å². The van der Waals surface area contributed by atoms with Crippen LogP contribution < -0.4 is 0 Å². The first-order chi connectivity index (χ1) is 6.89. The van der Waals surface area contributed by atoms with Crippen LogP contribution in [-0.2, 0) is 9.84 Å². The molecule has 0 saturated carbocycles. The Bertz CT molecular complexity index is 400. The van der Waals surface area contributed by atoms with Gasteiger partial charge in [-0.3, -0.25) is 0 Å². The fraction of sp³-hybridized carbons (Fsp3) is 0.818. The van der Waals surface area contributed by atoms with E-state index in [1.165, 1.54) is 0 Å². The van der Waals surface area contributed by atoms with E-state index in [2.05, 4.69) is 11.9 Å². The van der Waals surface area contributed by atoms with Crippen molar-refractivity contribution in [2.24, 2.45) is 0 Å². The van der Waals surface area contributed by atoms with E-state index in [0.29, 0.717) is 0 Å². The number of piperidine rings is 1. The monoisotopic (exact) mass is 229 g/mol. The lowest BCUT2D eigenvalue weighted by atomic mass is 9.87. The van der Waals surface area contributed by atoms with Crippen molar-refractivity contribution in [1.82, 2.24) is 4.90 Å². The Morgan fingerprint density at radius 2 is 1.73 bits per heavy atom. The lowest BCUT2D eigenvalue weighted by Gasteiger charge is -2.38. The molecular formula is C11H19NO2S. The van der Waals surface area contributed by atoms with Crippen molar-refractivity contribution in [1.29, 1.82) is 0 Å². The highest BCUT2D eigenvalue weighted by molar-refractivity contribution is 7.93. The average Bonchev–Trinajstić information content (AvgIpc) is 2.31. The summed E-state index contributed by atoms with van der Waals surface area (Å²) >= 11 is 0. The summed E-state index contributed by atoms with van der Waals surface area (Å²) in [5, 5.41) is 0. The third-order valence-corrected chi connectivity index (χ3v) is 6.84. The van der Waals surface area contributed by atoms with Gasteiger partial charge in [0.1, 0.15) is 0 Å². The molecule has 2 heterocycles. The Hall–Kier alpha value is -0.350. The van der Waals surface area contributed by atoms with Crippen LogP contribution in [-0.4, -0.2) is 44.0 Å². The number of sulfone groups is 1. The van der Waals surface area contributed by atoms with Crippen LogP contribution in [0.3, 0.4) is 0 Å². The van der Waals surface area contributed by atoms with Gasteiger partial charge in [-0.1, -0.05) is 11.1 Å². The normalized spacial score (nSPS) is 30.1. The summed E-state index contributed by atoms with van der Waals surface area (Å²) in [5.41, 5.74) is 2.19. The lowest BCUT2D eigenvalue weighted by molar-refractivity contribution is 0.249. The van der Waals surface area contributed by atoms with E-state index < -0.39 is 14.6 Å². The Morgan fingerprint density at radius 1 is 1.20 bits per heavy atom. The van der Waals surface area contributed by atoms with Gasteiger partial charge in [0.05, 0.1) is 10.5 Å². The van der Waals surface area contributed by atoms with E-state index in [0.717, 1.165) is 37.1 Å². The maximum absolute atomic E-state index is 12.2. The molecule has 1 spiro atoms. The molecule has 0 aromatic heterocycles. The second kappa shape index (κ2) is 3.32. The third kappa shape index (κ3) is 1.46. The van der Waals surface area contributed by atoms with Gasteiger partial charge < -0.3 is 4.90 Å². The van der Waals surface area contributed by atoms with Gasteiger partial charge in [0.2, 0.25) is 0 Å². The number of likely N-dealkylation sites (tertiary alicyclic amines) is 1. The average molecular weight is 229 g/mol. The van der Waals surface area contributed by atoms with Gasteiger partial charge in [-0.25, -0.2) is 8.42 Å². The van der Waals surface area contributed by atoms with Gasteiger partial charge >= 0.3 is 0 Å². The molecule has 0 atom stereocenters. The molecule has 2 aliphatic heterocycles. The maximum atomic E-state index is 12.2. The van der Waals surface area contributed by atoms with E-state index in [4.69, 9.17) is 0 Å². The number of nitrogens with zero attached hydrogens (tertiary/aromatic N) is 1. The summed E-state index contributed by atoms with van der Waals surface area (Å²) in [6.45, 7) is 5.75. The summed E-state index contributed by atoms with van der Waals surface area (Å²) in [7, 11) is -0.876. The molecule has 1 saturated heterocycles. The smallest absolute Gasteiger partial charge is 0.163 e. The summed E-state index contributed by atoms with van der Waals surface area (Å²) in [4.78, 5) is 2.21. The minimum atomic E-state index is -2.93. The van der Waals surface area contributed by atoms with Crippen LogP contribution in [0, 0.1) is 0 Å². The zero-order valence-electron chi connectivity index (χ0n) is 9.71. The topological polar surface area (TPSA) is 37.4 Å². The van der Waals surface area contributed by atoms with E-state index in [9.17, 15) is 8.42 Å². The van der Waals surface area contributed by atoms with Gasteiger partial charge in [-0.05, 0) is 46.8 Å². The van der Waals surface area contributed by atoms with Crippen LogP contribution in [0.5, 0.6) is 0 Å². The largest absolute Gasteiger partial charge is 0.306 e. The Labute approximate surface area is 92.1 Å². The van der Waals surface area contributed by atoms with Crippen LogP contribution in [0.15, 0.2) is 11.1 Å². The van der Waals surface area contributed by atoms with Crippen molar-refractivity contribution in [3.8, 4) is 0 Å². The molecule has 0 aromatic rings. The van der Waals surface area contributed by atoms with Crippen molar-refractivity contribution in [2.75, 3.05) is 25.9 Å². The fourth-order valence-electron chi connectivity index (χ4n) is 2.82. The van der Waals surface area contributed by atoms with E-state index in [1.807, 2.05) is 13.8 Å². The van der Waals surface area contributed by atoms with Crippen molar-refractivity contribution in [3.63, 3.8) is 0 Å². The van der Waals surface area contributed by atoms with Gasteiger partial charge in [0.25, 0.3) is 0 Å². The molecule has 2 rings (SSSR count). The van der Waals surface area contributed by atoms with Crippen molar-refractivity contribution >= 4 is 9.84 Å². The molecule has 0 unspecified atom stereocenters. The van der Waals surface area contributed by atoms with Gasteiger partial charge in [0, 0.05) is 0 Å². The predicted octanol–water partition coefficient (Wildman–Crippen LogP) is 1.22. The fourth-order valence-corrected chi connectivity index (χ4v) is 5.33. The number of rotatable bonds is 0. The summed E-state index contributed by atoms with van der Waals surface area (Å²) < 4.78 is 23.9. The second-order valence-corrected chi connectivity index (χ2v) is 7.26.